The van der Waals surface area contributed by atoms with Crippen LogP contribution in [0.2, 0.25) is 0 Å². The van der Waals surface area contributed by atoms with Gasteiger partial charge in [-0.05, 0) is 12.0 Å². The van der Waals surface area contributed by atoms with Crippen molar-refractivity contribution in [2.45, 2.75) is 13.0 Å². The molecule has 0 amide bonds. The fourth-order valence-electron chi connectivity index (χ4n) is 2.13. The number of esters is 1. The van der Waals surface area contributed by atoms with Crippen LogP contribution in [0.15, 0.2) is 30.3 Å². The molecule has 6 nitrogen and oxygen atoms in total. The Morgan fingerprint density at radius 2 is 2.05 bits per heavy atom. The number of hydrazine groups is 1. The van der Waals surface area contributed by atoms with E-state index in [1.54, 1.807) is 0 Å². The van der Waals surface area contributed by atoms with Crippen LogP contribution in [0.5, 0.6) is 0 Å². The third-order valence-corrected chi connectivity index (χ3v) is 3.31. The molecule has 1 atom stereocenters. The van der Waals surface area contributed by atoms with Gasteiger partial charge in [0.1, 0.15) is 6.61 Å². The average molecular weight is 264 g/mol. The predicted molar refractivity (Wildman–Crippen MR) is 66.7 cm³/mol. The molecule has 1 aliphatic rings. The van der Waals surface area contributed by atoms with Gasteiger partial charge in [0, 0.05) is 13.1 Å². The Kier molecular flexibility index (Phi) is 3.82. The van der Waals surface area contributed by atoms with Crippen LogP contribution in [-0.4, -0.2) is 35.1 Å². The van der Waals surface area contributed by atoms with Crippen LogP contribution in [0.3, 0.4) is 0 Å². The minimum absolute atomic E-state index is 0.0179. The Morgan fingerprint density at radius 3 is 2.58 bits per heavy atom. The number of carboxylic acid groups (broad SMARTS) is 1. The van der Waals surface area contributed by atoms with E-state index in [1.807, 2.05) is 30.3 Å². The van der Waals surface area contributed by atoms with E-state index in [1.165, 1.54) is 5.01 Å². The number of aliphatic carboxylic acids is 1. The van der Waals surface area contributed by atoms with E-state index in [-0.39, 0.29) is 19.6 Å². The van der Waals surface area contributed by atoms with E-state index in [9.17, 15) is 14.7 Å². The van der Waals surface area contributed by atoms with E-state index >= 15 is 0 Å². The van der Waals surface area contributed by atoms with E-state index in [4.69, 9.17) is 10.6 Å². The van der Waals surface area contributed by atoms with Crippen LogP contribution >= 0.6 is 0 Å². The first-order valence-corrected chi connectivity index (χ1v) is 5.99. The topological polar surface area (TPSA) is 92.9 Å². The summed E-state index contributed by atoms with van der Waals surface area (Å²) in [5.74, 6) is 3.65. The minimum atomic E-state index is -1.54. The maximum Gasteiger partial charge on any atom is 0.325 e. The maximum absolute atomic E-state index is 12.0. The molecule has 6 heteroatoms. The van der Waals surface area contributed by atoms with Gasteiger partial charge < -0.3 is 9.84 Å². The van der Waals surface area contributed by atoms with Gasteiger partial charge in [0.15, 0.2) is 5.41 Å². The zero-order valence-electron chi connectivity index (χ0n) is 10.4. The van der Waals surface area contributed by atoms with E-state index < -0.39 is 17.4 Å². The van der Waals surface area contributed by atoms with Crippen molar-refractivity contribution in [1.82, 2.24) is 5.01 Å². The number of nitrogens with two attached hydrogens (primary N) is 1. The summed E-state index contributed by atoms with van der Waals surface area (Å²) in [6.07, 6.45) is 0.173. The summed E-state index contributed by atoms with van der Waals surface area (Å²) < 4.78 is 5.12. The van der Waals surface area contributed by atoms with Crippen molar-refractivity contribution in [2.24, 2.45) is 11.3 Å². The van der Waals surface area contributed by atoms with Crippen LogP contribution in [-0.2, 0) is 20.9 Å². The summed E-state index contributed by atoms with van der Waals surface area (Å²) in [4.78, 5) is 23.4. The molecule has 19 heavy (non-hydrogen) atoms. The number of carbonyl (C=O) groups is 2. The summed E-state index contributed by atoms with van der Waals surface area (Å²) in [5, 5.41) is 10.6. The van der Waals surface area contributed by atoms with Crippen molar-refractivity contribution in [1.29, 1.82) is 0 Å². The second kappa shape index (κ2) is 5.38. The van der Waals surface area contributed by atoms with Gasteiger partial charge in [-0.15, -0.1) is 0 Å². The second-order valence-electron chi connectivity index (χ2n) is 4.67. The Bertz CT molecular complexity index is 477. The molecule has 0 spiro atoms. The van der Waals surface area contributed by atoms with Gasteiger partial charge in [-0.2, -0.15) is 0 Å². The summed E-state index contributed by atoms with van der Waals surface area (Å²) in [7, 11) is 0. The molecule has 1 aromatic carbocycles. The maximum atomic E-state index is 12.0. The highest BCUT2D eigenvalue weighted by atomic mass is 16.5. The number of nitrogens with zero attached hydrogens (tertiary/aromatic N) is 1. The summed E-state index contributed by atoms with van der Waals surface area (Å²) in [6.45, 7) is 0.419. The predicted octanol–water partition coefficient (Wildman–Crippen LogP) is 0.380. The van der Waals surface area contributed by atoms with Crippen LogP contribution in [0.4, 0.5) is 0 Å². The van der Waals surface area contributed by atoms with Gasteiger partial charge in [0.25, 0.3) is 0 Å². The first-order valence-electron chi connectivity index (χ1n) is 5.99. The van der Waals surface area contributed by atoms with Gasteiger partial charge in [-0.1, -0.05) is 30.3 Å². The highest BCUT2D eigenvalue weighted by Gasteiger charge is 2.52. The van der Waals surface area contributed by atoms with Crippen LogP contribution in [0, 0.1) is 5.41 Å². The number of hydrogen-bond acceptors (Lipinski definition) is 5. The number of rotatable bonds is 4. The average Bonchev–Trinajstić information content (AvgIpc) is 2.81. The van der Waals surface area contributed by atoms with Gasteiger partial charge >= 0.3 is 11.9 Å². The molecule has 102 valence electrons. The van der Waals surface area contributed by atoms with Gasteiger partial charge in [-0.3, -0.25) is 15.4 Å². The molecule has 1 heterocycles. The SMILES string of the molecule is NN1CC[C@@](C(=O)O)(C(=O)OCc2ccccc2)C1. The number of carboxylic acids is 1. The summed E-state index contributed by atoms with van der Waals surface area (Å²) in [5.41, 5.74) is -0.720. The number of ether oxygens (including phenoxy) is 1. The molecule has 2 rings (SSSR count). The zero-order valence-corrected chi connectivity index (χ0v) is 10.4. The van der Waals surface area contributed by atoms with Crippen molar-refractivity contribution >= 4 is 11.9 Å². The zero-order chi connectivity index (χ0) is 13.9. The molecule has 1 aromatic rings. The van der Waals surface area contributed by atoms with Crippen LogP contribution in [0.1, 0.15) is 12.0 Å². The Morgan fingerprint density at radius 1 is 1.37 bits per heavy atom. The lowest BCUT2D eigenvalue weighted by molar-refractivity contribution is -0.168. The molecule has 3 N–H and O–H groups in total. The summed E-state index contributed by atoms with van der Waals surface area (Å²) in [6, 6.07) is 9.13. The third-order valence-electron chi connectivity index (χ3n) is 3.31. The molecule has 0 unspecified atom stereocenters. The van der Waals surface area contributed by atoms with Crippen molar-refractivity contribution < 1.29 is 19.4 Å². The second-order valence-corrected chi connectivity index (χ2v) is 4.67. The Balaban J connectivity index is 2.03. The number of hydrogen-bond donors (Lipinski definition) is 2. The number of benzene rings is 1. The lowest BCUT2D eigenvalue weighted by Crippen LogP contribution is -2.44. The molecule has 0 aromatic heterocycles. The van der Waals surface area contributed by atoms with Gasteiger partial charge in [0.2, 0.25) is 0 Å². The number of carbonyl (C=O) groups excluding carboxylic acids is 1. The largest absolute Gasteiger partial charge is 0.480 e. The Hall–Kier alpha value is -1.92. The first-order chi connectivity index (χ1) is 9.04. The highest BCUT2D eigenvalue weighted by Crippen LogP contribution is 2.31. The van der Waals surface area contributed by atoms with Crippen molar-refractivity contribution in [3.05, 3.63) is 35.9 Å². The van der Waals surface area contributed by atoms with Crippen LogP contribution in [0.25, 0.3) is 0 Å². The fourth-order valence-corrected chi connectivity index (χ4v) is 2.13. The molecule has 0 saturated carbocycles. The normalized spacial score (nSPS) is 23.2. The molecule has 1 saturated heterocycles. The van der Waals surface area contributed by atoms with Gasteiger partial charge in [-0.25, -0.2) is 5.01 Å². The monoisotopic (exact) mass is 264 g/mol. The third kappa shape index (κ3) is 2.74. The van der Waals surface area contributed by atoms with Crippen molar-refractivity contribution in [3.8, 4) is 0 Å². The lowest BCUT2D eigenvalue weighted by atomic mass is 9.87. The lowest BCUT2D eigenvalue weighted by Gasteiger charge is -2.21. The van der Waals surface area contributed by atoms with E-state index in [0.29, 0.717) is 6.54 Å². The van der Waals surface area contributed by atoms with E-state index in [0.717, 1.165) is 5.56 Å². The smallest absolute Gasteiger partial charge is 0.325 e. The quantitative estimate of drug-likeness (QED) is 0.464. The standard InChI is InChI=1S/C13H16N2O4/c14-15-7-6-13(9-15,11(16)17)12(18)19-8-10-4-2-1-3-5-10/h1-5H,6-9,14H2,(H,16,17)/t13-/m1/s1. The van der Waals surface area contributed by atoms with Crippen LogP contribution < -0.4 is 5.84 Å². The van der Waals surface area contributed by atoms with Gasteiger partial charge in [0.05, 0.1) is 0 Å². The first kappa shape index (κ1) is 13.5. The molecular weight excluding hydrogens is 248 g/mol. The molecule has 0 bridgehead atoms. The van der Waals surface area contributed by atoms with Crippen molar-refractivity contribution in [2.75, 3.05) is 13.1 Å². The fraction of sp³-hybridized carbons (Fsp3) is 0.385. The molecule has 1 aliphatic heterocycles. The van der Waals surface area contributed by atoms with Crippen molar-refractivity contribution in [3.63, 3.8) is 0 Å². The highest BCUT2D eigenvalue weighted by molar-refractivity contribution is 5.99. The molecule has 0 radical (unpaired) electrons. The molecule has 1 fully saturated rings. The molecular formula is C13H16N2O4. The minimum Gasteiger partial charge on any atom is -0.480 e. The summed E-state index contributed by atoms with van der Waals surface area (Å²) >= 11 is 0. The molecule has 0 aliphatic carbocycles. The Labute approximate surface area is 110 Å². The van der Waals surface area contributed by atoms with E-state index in [2.05, 4.69) is 0 Å².